The van der Waals surface area contributed by atoms with E-state index >= 15 is 0 Å². The second kappa shape index (κ2) is 7.81. The maximum absolute atomic E-state index is 5.79. The quantitative estimate of drug-likeness (QED) is 0.743. The van der Waals surface area contributed by atoms with Crippen molar-refractivity contribution in [2.75, 3.05) is 20.2 Å². The molecule has 1 aliphatic heterocycles. The molecule has 2 heterocycles. The monoisotopic (exact) mass is 280 g/mol. The van der Waals surface area contributed by atoms with Crippen molar-refractivity contribution in [3.63, 3.8) is 0 Å². The number of rotatable bonds is 8. The molecule has 4 heteroatoms. The molecule has 1 fully saturated rings. The fourth-order valence-electron chi connectivity index (χ4n) is 2.69. The summed E-state index contributed by atoms with van der Waals surface area (Å²) in [6, 6.07) is 3.21. The molecule has 1 unspecified atom stereocenters. The Kier molecular flexibility index (Phi) is 6.07. The highest BCUT2D eigenvalue weighted by atomic mass is 16.5. The summed E-state index contributed by atoms with van der Waals surface area (Å²) in [5, 5.41) is 3.41. The van der Waals surface area contributed by atoms with E-state index in [2.05, 4.69) is 31.1 Å². The van der Waals surface area contributed by atoms with Crippen LogP contribution in [-0.4, -0.2) is 37.2 Å². The van der Waals surface area contributed by atoms with E-state index in [1.165, 1.54) is 24.9 Å². The fraction of sp³-hybridized carbons (Fsp3) is 0.750. The lowest BCUT2D eigenvalue weighted by molar-refractivity contribution is 0.0887. The molecule has 4 nitrogen and oxygen atoms in total. The Balaban J connectivity index is 1.67. The summed E-state index contributed by atoms with van der Waals surface area (Å²) in [6.45, 7) is 7.76. The lowest BCUT2D eigenvalue weighted by Crippen LogP contribution is -2.26. The van der Waals surface area contributed by atoms with E-state index in [0.29, 0.717) is 18.7 Å². The predicted octanol–water partition coefficient (Wildman–Crippen LogP) is 2.78. The Hall–Kier alpha value is -0.840. The third-order valence-electron chi connectivity index (χ3n) is 4.04. The van der Waals surface area contributed by atoms with Gasteiger partial charge in [-0.05, 0) is 38.9 Å². The molecule has 1 aromatic heterocycles. The Morgan fingerprint density at radius 2 is 2.35 bits per heavy atom. The number of nitrogens with zero attached hydrogens (tertiary/aromatic N) is 1. The molecule has 0 bridgehead atoms. The van der Waals surface area contributed by atoms with Gasteiger partial charge in [0.2, 0.25) is 0 Å². The van der Waals surface area contributed by atoms with E-state index in [-0.39, 0.29) is 0 Å². The first kappa shape index (κ1) is 15.5. The first-order chi connectivity index (χ1) is 9.66. The third-order valence-corrected chi connectivity index (χ3v) is 4.04. The molecule has 0 aliphatic carbocycles. The third kappa shape index (κ3) is 4.62. The molecule has 114 valence electrons. The minimum atomic E-state index is 0.483. The maximum atomic E-state index is 5.79. The van der Waals surface area contributed by atoms with Crippen molar-refractivity contribution in [1.82, 2.24) is 10.2 Å². The summed E-state index contributed by atoms with van der Waals surface area (Å²) in [6.07, 6.45) is 5.51. The number of likely N-dealkylation sites (tertiary alicyclic amines) is 1. The number of hydrogen-bond acceptors (Lipinski definition) is 4. The van der Waals surface area contributed by atoms with Gasteiger partial charge in [-0.2, -0.15) is 0 Å². The van der Waals surface area contributed by atoms with E-state index in [0.717, 1.165) is 25.3 Å². The lowest BCUT2D eigenvalue weighted by Gasteiger charge is -2.18. The van der Waals surface area contributed by atoms with Gasteiger partial charge in [-0.1, -0.05) is 13.8 Å². The highest BCUT2D eigenvalue weighted by molar-refractivity contribution is 5.16. The lowest BCUT2D eigenvalue weighted by atomic mass is 10.1. The average Bonchev–Trinajstić information content (AvgIpc) is 3.01. The Bertz CT molecular complexity index is 390. The molecule has 2 rings (SSSR count). The average molecular weight is 280 g/mol. The van der Waals surface area contributed by atoms with Crippen LogP contribution in [0.15, 0.2) is 16.7 Å². The summed E-state index contributed by atoms with van der Waals surface area (Å²) in [5.74, 6) is 0.956. The molecule has 0 saturated carbocycles. The molecule has 0 amide bonds. The van der Waals surface area contributed by atoms with Crippen LogP contribution < -0.4 is 5.32 Å². The standard InChI is InChI=1S/C16H28N2O2/c1-13(2)17-11-14-6-10-20-16(14)12-19-9-7-15-5-4-8-18(15)3/h6,10,13,15,17H,4-5,7-9,11-12H2,1-3H3. The van der Waals surface area contributed by atoms with Gasteiger partial charge >= 0.3 is 0 Å². The Morgan fingerprint density at radius 3 is 3.05 bits per heavy atom. The predicted molar refractivity (Wildman–Crippen MR) is 80.6 cm³/mol. The summed E-state index contributed by atoms with van der Waals surface area (Å²) < 4.78 is 11.3. The van der Waals surface area contributed by atoms with Gasteiger partial charge in [-0.15, -0.1) is 0 Å². The van der Waals surface area contributed by atoms with Crippen molar-refractivity contribution in [3.05, 3.63) is 23.7 Å². The maximum Gasteiger partial charge on any atom is 0.133 e. The molecule has 1 aromatic rings. The zero-order valence-corrected chi connectivity index (χ0v) is 13.0. The molecule has 1 saturated heterocycles. The van der Waals surface area contributed by atoms with Gasteiger partial charge in [-0.25, -0.2) is 0 Å². The van der Waals surface area contributed by atoms with Crippen LogP contribution in [0.25, 0.3) is 0 Å². The number of furan rings is 1. The second-order valence-corrected chi connectivity index (χ2v) is 6.02. The zero-order chi connectivity index (χ0) is 14.4. The van der Waals surface area contributed by atoms with Gasteiger partial charge in [0.25, 0.3) is 0 Å². The van der Waals surface area contributed by atoms with E-state index in [9.17, 15) is 0 Å². The SMILES string of the molecule is CC(C)NCc1ccoc1COCCC1CCCN1C. The summed E-state index contributed by atoms with van der Waals surface area (Å²) in [7, 11) is 2.21. The molecule has 1 atom stereocenters. The van der Waals surface area contributed by atoms with Crippen molar-refractivity contribution in [2.45, 2.75) is 58.3 Å². The van der Waals surface area contributed by atoms with Crippen LogP contribution in [0.1, 0.15) is 44.4 Å². The highest BCUT2D eigenvalue weighted by Crippen LogP contribution is 2.18. The van der Waals surface area contributed by atoms with Crippen molar-refractivity contribution in [1.29, 1.82) is 0 Å². The van der Waals surface area contributed by atoms with Crippen LogP contribution in [0, 0.1) is 0 Å². The molecule has 20 heavy (non-hydrogen) atoms. The molecular formula is C16H28N2O2. The van der Waals surface area contributed by atoms with Crippen LogP contribution in [0.3, 0.4) is 0 Å². The molecule has 0 aromatic carbocycles. The minimum absolute atomic E-state index is 0.483. The second-order valence-electron chi connectivity index (χ2n) is 6.02. The summed E-state index contributed by atoms with van der Waals surface area (Å²) in [5.41, 5.74) is 1.21. The first-order valence-corrected chi connectivity index (χ1v) is 7.73. The van der Waals surface area contributed by atoms with Gasteiger partial charge in [-0.3, -0.25) is 0 Å². The fourth-order valence-corrected chi connectivity index (χ4v) is 2.69. The molecule has 1 N–H and O–H groups in total. The number of nitrogens with one attached hydrogen (secondary N) is 1. The number of ether oxygens (including phenoxy) is 1. The highest BCUT2D eigenvalue weighted by Gasteiger charge is 2.20. The largest absolute Gasteiger partial charge is 0.467 e. The van der Waals surface area contributed by atoms with Gasteiger partial charge < -0.3 is 19.4 Å². The summed E-state index contributed by atoms with van der Waals surface area (Å²) in [4.78, 5) is 2.44. The molecule has 1 aliphatic rings. The van der Waals surface area contributed by atoms with E-state index in [1.807, 2.05) is 6.07 Å². The van der Waals surface area contributed by atoms with E-state index in [4.69, 9.17) is 9.15 Å². The van der Waals surface area contributed by atoms with Crippen LogP contribution in [0.5, 0.6) is 0 Å². The normalized spacial score (nSPS) is 20.1. The van der Waals surface area contributed by atoms with Gasteiger partial charge in [0.15, 0.2) is 0 Å². The minimum Gasteiger partial charge on any atom is -0.467 e. The smallest absolute Gasteiger partial charge is 0.133 e. The van der Waals surface area contributed by atoms with Gasteiger partial charge in [0.1, 0.15) is 12.4 Å². The Labute approximate surface area is 122 Å². The van der Waals surface area contributed by atoms with Crippen LogP contribution in [0.2, 0.25) is 0 Å². The van der Waals surface area contributed by atoms with E-state index < -0.39 is 0 Å². The van der Waals surface area contributed by atoms with Crippen LogP contribution in [-0.2, 0) is 17.9 Å². The zero-order valence-electron chi connectivity index (χ0n) is 13.0. The topological polar surface area (TPSA) is 37.6 Å². The molecule has 0 spiro atoms. The van der Waals surface area contributed by atoms with Gasteiger partial charge in [0, 0.05) is 30.8 Å². The van der Waals surface area contributed by atoms with Crippen molar-refractivity contribution in [3.8, 4) is 0 Å². The van der Waals surface area contributed by atoms with Crippen molar-refractivity contribution >= 4 is 0 Å². The van der Waals surface area contributed by atoms with E-state index in [1.54, 1.807) is 6.26 Å². The van der Waals surface area contributed by atoms with Gasteiger partial charge in [0.05, 0.1) is 6.26 Å². The van der Waals surface area contributed by atoms with Crippen LogP contribution >= 0.6 is 0 Å². The van der Waals surface area contributed by atoms with Crippen molar-refractivity contribution < 1.29 is 9.15 Å². The summed E-state index contributed by atoms with van der Waals surface area (Å²) >= 11 is 0. The number of hydrogen-bond donors (Lipinski definition) is 1. The Morgan fingerprint density at radius 1 is 1.50 bits per heavy atom. The molecular weight excluding hydrogens is 252 g/mol. The van der Waals surface area contributed by atoms with Crippen LogP contribution in [0.4, 0.5) is 0 Å². The molecule has 0 radical (unpaired) electrons. The van der Waals surface area contributed by atoms with Crippen molar-refractivity contribution in [2.24, 2.45) is 0 Å². The first-order valence-electron chi connectivity index (χ1n) is 7.73.